The molecule has 2 aromatic heterocycles. The van der Waals surface area contributed by atoms with E-state index in [2.05, 4.69) is 4.90 Å². The van der Waals surface area contributed by atoms with E-state index in [1.54, 1.807) is 6.08 Å². The first-order chi connectivity index (χ1) is 17.3. The Balaban J connectivity index is 1.25. The minimum Gasteiger partial charge on any atom is -0.352 e. The van der Waals surface area contributed by atoms with Gasteiger partial charge in [0.1, 0.15) is 16.5 Å². The number of aryl methyl sites for hydroxylation is 2. The van der Waals surface area contributed by atoms with Crippen molar-refractivity contribution in [2.75, 3.05) is 31.1 Å². The monoisotopic (exact) mass is 486 g/mol. The Morgan fingerprint density at radius 1 is 0.914 bits per heavy atom. The summed E-state index contributed by atoms with van der Waals surface area (Å²) in [4.78, 5) is 30.4. The van der Waals surface area contributed by atoms with Crippen molar-refractivity contribution in [2.24, 2.45) is 0 Å². The van der Waals surface area contributed by atoms with Crippen LogP contribution in [0, 0.1) is 0 Å². The van der Waals surface area contributed by atoms with Gasteiger partial charge in [-0.2, -0.15) is 0 Å². The standard InChI is InChI=1S/C29H34N4OS/c34-25(16-15-21-9-3-1-4-10-21)32-17-19-33(20-18-32)28-26-23-13-7-8-14-24(23)35-29(26)31-27(30-28)22-11-5-2-6-12-22/h1,3-4,9-10,15-16,22H,2,5-8,11-14,17-20H2/b16-15+. The lowest BCUT2D eigenvalue weighted by Crippen LogP contribution is -2.48. The fourth-order valence-corrected chi connectivity index (χ4v) is 7.17. The summed E-state index contributed by atoms with van der Waals surface area (Å²) in [6.45, 7) is 3.11. The molecule has 2 fully saturated rings. The second kappa shape index (κ2) is 10.1. The van der Waals surface area contributed by atoms with Crippen LogP contribution in [0.5, 0.6) is 0 Å². The zero-order valence-corrected chi connectivity index (χ0v) is 21.2. The number of thiophene rings is 1. The average Bonchev–Trinajstić information content (AvgIpc) is 3.31. The number of fused-ring (bicyclic) bond motifs is 3. The van der Waals surface area contributed by atoms with E-state index < -0.39 is 0 Å². The summed E-state index contributed by atoms with van der Waals surface area (Å²) in [5, 5.41) is 1.31. The second-order valence-electron chi connectivity index (χ2n) is 10.2. The summed E-state index contributed by atoms with van der Waals surface area (Å²) in [5.41, 5.74) is 2.56. The average molecular weight is 487 g/mol. The van der Waals surface area contributed by atoms with E-state index in [0.717, 1.165) is 49.8 Å². The van der Waals surface area contributed by atoms with Crippen LogP contribution in [0.2, 0.25) is 0 Å². The SMILES string of the molecule is O=C(/C=C/c1ccccc1)N1CCN(c2nc(C3CCCCC3)nc3sc4c(c23)CCCC4)CC1. The largest absolute Gasteiger partial charge is 0.352 e. The molecule has 1 saturated heterocycles. The van der Waals surface area contributed by atoms with Gasteiger partial charge < -0.3 is 9.80 Å². The Hall–Kier alpha value is -2.73. The van der Waals surface area contributed by atoms with E-state index in [9.17, 15) is 4.79 Å². The number of rotatable bonds is 4. The second-order valence-corrected chi connectivity index (χ2v) is 11.3. The quantitative estimate of drug-likeness (QED) is 0.426. The van der Waals surface area contributed by atoms with E-state index in [1.807, 2.05) is 52.6 Å². The Morgan fingerprint density at radius 3 is 2.49 bits per heavy atom. The Kier molecular flexibility index (Phi) is 6.55. The fourth-order valence-electron chi connectivity index (χ4n) is 5.90. The number of hydrogen-bond acceptors (Lipinski definition) is 5. The number of anilines is 1. The Bertz CT molecular complexity index is 1220. The molecule has 0 spiro atoms. The predicted octanol–water partition coefficient (Wildman–Crippen LogP) is 5.98. The van der Waals surface area contributed by atoms with Crippen LogP contribution in [-0.2, 0) is 17.6 Å². The predicted molar refractivity (Wildman–Crippen MR) is 144 cm³/mol. The molecule has 1 saturated carbocycles. The molecule has 3 heterocycles. The van der Waals surface area contributed by atoms with Crippen LogP contribution in [-0.4, -0.2) is 47.0 Å². The van der Waals surface area contributed by atoms with Gasteiger partial charge in [0.25, 0.3) is 0 Å². The molecule has 0 bridgehead atoms. The highest BCUT2D eigenvalue weighted by Gasteiger charge is 2.29. The Labute approximate surface area is 211 Å². The number of aromatic nitrogens is 2. The number of carbonyl (C=O) groups excluding carboxylic acids is 1. The van der Waals surface area contributed by atoms with Gasteiger partial charge in [-0.05, 0) is 55.7 Å². The number of benzene rings is 1. The van der Waals surface area contributed by atoms with Crippen molar-refractivity contribution in [3.05, 3.63) is 58.2 Å². The van der Waals surface area contributed by atoms with Crippen molar-refractivity contribution in [1.29, 1.82) is 0 Å². The first-order valence-electron chi connectivity index (χ1n) is 13.4. The van der Waals surface area contributed by atoms with Crippen molar-refractivity contribution in [3.63, 3.8) is 0 Å². The van der Waals surface area contributed by atoms with Crippen molar-refractivity contribution in [1.82, 2.24) is 14.9 Å². The highest BCUT2D eigenvalue weighted by Crippen LogP contribution is 2.42. The summed E-state index contributed by atoms with van der Waals surface area (Å²) in [5.74, 6) is 2.80. The van der Waals surface area contributed by atoms with Gasteiger partial charge >= 0.3 is 0 Å². The van der Waals surface area contributed by atoms with Crippen molar-refractivity contribution >= 4 is 39.4 Å². The van der Waals surface area contributed by atoms with Crippen LogP contribution in [0.25, 0.3) is 16.3 Å². The minimum atomic E-state index is 0.0946. The first-order valence-corrected chi connectivity index (χ1v) is 14.2. The highest BCUT2D eigenvalue weighted by molar-refractivity contribution is 7.19. The maximum atomic E-state index is 12.8. The lowest BCUT2D eigenvalue weighted by Gasteiger charge is -2.36. The number of hydrogen-bond donors (Lipinski definition) is 0. The smallest absolute Gasteiger partial charge is 0.246 e. The molecule has 5 nitrogen and oxygen atoms in total. The van der Waals surface area contributed by atoms with Gasteiger partial charge in [0.05, 0.1) is 5.39 Å². The number of carbonyl (C=O) groups is 1. The molecule has 0 atom stereocenters. The third kappa shape index (κ3) is 4.73. The summed E-state index contributed by atoms with van der Waals surface area (Å²) < 4.78 is 0. The van der Waals surface area contributed by atoms with Gasteiger partial charge in [0.15, 0.2) is 0 Å². The van der Waals surface area contributed by atoms with E-state index in [1.165, 1.54) is 72.0 Å². The van der Waals surface area contributed by atoms with E-state index in [0.29, 0.717) is 5.92 Å². The summed E-state index contributed by atoms with van der Waals surface area (Å²) >= 11 is 1.91. The molecule has 6 heteroatoms. The van der Waals surface area contributed by atoms with Gasteiger partial charge in [0.2, 0.25) is 5.91 Å². The molecule has 182 valence electrons. The molecule has 0 N–H and O–H groups in total. The molecule has 1 amide bonds. The van der Waals surface area contributed by atoms with Crippen molar-refractivity contribution in [3.8, 4) is 0 Å². The first kappa shape index (κ1) is 22.7. The number of amides is 1. The molecule has 6 rings (SSSR count). The van der Waals surface area contributed by atoms with E-state index in [-0.39, 0.29) is 5.91 Å². The lowest BCUT2D eigenvalue weighted by atomic mass is 9.88. The zero-order valence-electron chi connectivity index (χ0n) is 20.4. The molecular weight excluding hydrogens is 452 g/mol. The summed E-state index contributed by atoms with van der Waals surface area (Å²) in [6, 6.07) is 10.0. The van der Waals surface area contributed by atoms with Gasteiger partial charge in [-0.1, -0.05) is 49.6 Å². The number of piperazine rings is 1. The third-order valence-corrected chi connectivity index (χ3v) is 9.08. The molecular formula is C29H34N4OS. The van der Waals surface area contributed by atoms with Gasteiger partial charge in [-0.15, -0.1) is 11.3 Å². The van der Waals surface area contributed by atoms with Crippen LogP contribution < -0.4 is 4.90 Å². The van der Waals surface area contributed by atoms with Crippen LogP contribution in [0.15, 0.2) is 36.4 Å². The van der Waals surface area contributed by atoms with Crippen LogP contribution in [0.1, 0.15) is 72.7 Å². The molecule has 3 aliphatic rings. The maximum Gasteiger partial charge on any atom is 0.246 e. The van der Waals surface area contributed by atoms with Crippen LogP contribution in [0.3, 0.4) is 0 Å². The fraction of sp³-hybridized carbons (Fsp3) is 0.483. The molecule has 2 aliphatic carbocycles. The molecule has 0 radical (unpaired) electrons. The van der Waals surface area contributed by atoms with Gasteiger partial charge in [0, 0.05) is 43.1 Å². The third-order valence-electron chi connectivity index (χ3n) is 7.89. The molecule has 3 aromatic rings. The van der Waals surface area contributed by atoms with Crippen LogP contribution >= 0.6 is 11.3 Å². The van der Waals surface area contributed by atoms with E-state index in [4.69, 9.17) is 9.97 Å². The van der Waals surface area contributed by atoms with Crippen molar-refractivity contribution in [2.45, 2.75) is 63.7 Å². The normalized spacial score (nSPS) is 19.4. The van der Waals surface area contributed by atoms with Gasteiger partial charge in [-0.3, -0.25) is 4.79 Å². The molecule has 1 aromatic carbocycles. The highest BCUT2D eigenvalue weighted by atomic mass is 32.1. The minimum absolute atomic E-state index is 0.0946. The Morgan fingerprint density at radius 2 is 1.69 bits per heavy atom. The molecule has 0 unspecified atom stereocenters. The summed E-state index contributed by atoms with van der Waals surface area (Å²) in [7, 11) is 0. The zero-order chi connectivity index (χ0) is 23.6. The lowest BCUT2D eigenvalue weighted by molar-refractivity contribution is -0.126. The topological polar surface area (TPSA) is 49.3 Å². The van der Waals surface area contributed by atoms with Crippen molar-refractivity contribution < 1.29 is 4.79 Å². The number of nitrogens with zero attached hydrogens (tertiary/aromatic N) is 4. The molecule has 1 aliphatic heterocycles. The van der Waals surface area contributed by atoms with E-state index >= 15 is 0 Å². The molecule has 35 heavy (non-hydrogen) atoms. The van der Waals surface area contributed by atoms with Crippen LogP contribution in [0.4, 0.5) is 5.82 Å². The maximum absolute atomic E-state index is 12.8. The summed E-state index contributed by atoms with van der Waals surface area (Å²) in [6.07, 6.45) is 14.9. The van der Waals surface area contributed by atoms with Gasteiger partial charge in [-0.25, -0.2) is 9.97 Å².